The van der Waals surface area contributed by atoms with Crippen molar-refractivity contribution in [1.82, 2.24) is 10.2 Å². The number of amides is 2. The van der Waals surface area contributed by atoms with Crippen molar-refractivity contribution in [2.75, 3.05) is 6.61 Å². The van der Waals surface area contributed by atoms with Crippen molar-refractivity contribution in [2.24, 2.45) is 0 Å². The number of rotatable bonds is 5. The molecule has 7 heteroatoms. The Hall–Kier alpha value is -4.13. The van der Waals surface area contributed by atoms with E-state index >= 15 is 0 Å². The van der Waals surface area contributed by atoms with E-state index in [1.165, 1.54) is 4.90 Å². The van der Waals surface area contributed by atoms with Gasteiger partial charge in [0.2, 0.25) is 5.91 Å². The molecule has 3 aromatic carbocycles. The summed E-state index contributed by atoms with van der Waals surface area (Å²) in [6.07, 6.45) is -0.480. The summed E-state index contributed by atoms with van der Waals surface area (Å²) in [6, 6.07) is 21.7. The van der Waals surface area contributed by atoms with Crippen molar-refractivity contribution in [3.05, 3.63) is 95.1 Å². The zero-order chi connectivity index (χ0) is 24.5. The summed E-state index contributed by atoms with van der Waals surface area (Å²) in [7, 11) is 0. The predicted octanol–water partition coefficient (Wildman–Crippen LogP) is 3.95. The Morgan fingerprint density at radius 2 is 1.51 bits per heavy atom. The molecule has 0 radical (unpaired) electrons. The molecule has 5 rings (SSSR count). The molecule has 2 atom stereocenters. The van der Waals surface area contributed by atoms with Gasteiger partial charge >= 0.3 is 12.1 Å². The number of ether oxygens (including phenoxy) is 1. The summed E-state index contributed by atoms with van der Waals surface area (Å²) in [5.41, 5.74) is 6.29. The third-order valence-electron chi connectivity index (χ3n) is 6.87. The van der Waals surface area contributed by atoms with Crippen molar-refractivity contribution in [1.29, 1.82) is 0 Å². The van der Waals surface area contributed by atoms with E-state index < -0.39 is 30.1 Å². The maximum atomic E-state index is 13.1. The standard InChI is InChI=1S/C28H26N2O5/c1-17(26(31)30-15-19-9-3-2-8-18(19)14-25(30)27(32)33)29-28(34)35-16-24-22-12-6-4-10-20(22)21-11-5-7-13-23(21)24/h2-13,17,24-25H,14-16H2,1H3,(H,29,34)(H,32,33)/t17-,25?/m1/s1. The molecule has 35 heavy (non-hydrogen) atoms. The fraction of sp³-hybridized carbons (Fsp3) is 0.250. The van der Waals surface area contributed by atoms with Crippen LogP contribution in [0, 0.1) is 0 Å². The fourth-order valence-corrected chi connectivity index (χ4v) is 5.10. The lowest BCUT2D eigenvalue weighted by Gasteiger charge is -2.36. The lowest BCUT2D eigenvalue weighted by Crippen LogP contribution is -2.54. The van der Waals surface area contributed by atoms with E-state index in [-0.39, 0.29) is 25.5 Å². The van der Waals surface area contributed by atoms with Crippen LogP contribution in [0.25, 0.3) is 11.1 Å². The molecule has 1 heterocycles. The number of hydrogen-bond acceptors (Lipinski definition) is 4. The number of carbonyl (C=O) groups is 3. The Morgan fingerprint density at radius 3 is 2.14 bits per heavy atom. The van der Waals surface area contributed by atoms with Crippen LogP contribution in [0.4, 0.5) is 4.79 Å². The molecule has 1 unspecified atom stereocenters. The highest BCUT2D eigenvalue weighted by molar-refractivity contribution is 5.89. The zero-order valence-corrected chi connectivity index (χ0v) is 19.3. The van der Waals surface area contributed by atoms with Crippen LogP contribution < -0.4 is 5.32 Å². The number of carboxylic acid groups (broad SMARTS) is 1. The van der Waals surface area contributed by atoms with Crippen LogP contribution in [0.3, 0.4) is 0 Å². The number of fused-ring (bicyclic) bond motifs is 4. The van der Waals surface area contributed by atoms with Gasteiger partial charge in [-0.25, -0.2) is 9.59 Å². The van der Waals surface area contributed by atoms with Gasteiger partial charge in [0.1, 0.15) is 18.7 Å². The number of nitrogens with zero attached hydrogens (tertiary/aromatic N) is 1. The van der Waals surface area contributed by atoms with Crippen molar-refractivity contribution in [3.8, 4) is 11.1 Å². The van der Waals surface area contributed by atoms with Crippen molar-refractivity contribution in [3.63, 3.8) is 0 Å². The number of hydrogen-bond donors (Lipinski definition) is 2. The number of alkyl carbamates (subject to hydrolysis) is 1. The lowest BCUT2D eigenvalue weighted by atomic mass is 9.93. The molecule has 7 nitrogen and oxygen atoms in total. The molecule has 0 spiro atoms. The molecule has 1 aliphatic carbocycles. The minimum Gasteiger partial charge on any atom is -0.480 e. The first-order valence-electron chi connectivity index (χ1n) is 11.7. The molecular weight excluding hydrogens is 444 g/mol. The van der Waals surface area contributed by atoms with Gasteiger partial charge in [-0.05, 0) is 40.3 Å². The minimum absolute atomic E-state index is 0.0888. The van der Waals surface area contributed by atoms with E-state index in [4.69, 9.17) is 4.74 Å². The molecule has 0 fully saturated rings. The van der Waals surface area contributed by atoms with E-state index in [0.717, 1.165) is 33.4 Å². The summed E-state index contributed by atoms with van der Waals surface area (Å²) in [5.74, 6) is -1.62. The zero-order valence-electron chi connectivity index (χ0n) is 19.3. The van der Waals surface area contributed by atoms with Crippen molar-refractivity contribution < 1.29 is 24.2 Å². The van der Waals surface area contributed by atoms with Gasteiger partial charge < -0.3 is 20.1 Å². The third kappa shape index (κ3) is 4.25. The topological polar surface area (TPSA) is 95.9 Å². The second-order valence-corrected chi connectivity index (χ2v) is 8.98. The Kier molecular flexibility index (Phi) is 5.99. The smallest absolute Gasteiger partial charge is 0.407 e. The molecule has 0 aromatic heterocycles. The first kappa shape index (κ1) is 22.7. The first-order valence-corrected chi connectivity index (χ1v) is 11.7. The number of carbonyl (C=O) groups excluding carboxylic acids is 2. The lowest BCUT2D eigenvalue weighted by molar-refractivity contribution is -0.152. The number of carboxylic acids is 1. The highest BCUT2D eigenvalue weighted by Crippen LogP contribution is 2.44. The van der Waals surface area contributed by atoms with Gasteiger partial charge in [-0.15, -0.1) is 0 Å². The van der Waals surface area contributed by atoms with Crippen LogP contribution >= 0.6 is 0 Å². The Balaban J connectivity index is 1.24. The molecule has 2 amide bonds. The fourth-order valence-electron chi connectivity index (χ4n) is 5.10. The summed E-state index contributed by atoms with van der Waals surface area (Å²) < 4.78 is 5.54. The number of nitrogens with one attached hydrogen (secondary N) is 1. The largest absolute Gasteiger partial charge is 0.480 e. The van der Waals surface area contributed by atoms with E-state index in [2.05, 4.69) is 17.4 Å². The second kappa shape index (κ2) is 9.25. The quantitative estimate of drug-likeness (QED) is 0.589. The second-order valence-electron chi connectivity index (χ2n) is 8.98. The molecule has 0 saturated carbocycles. The van der Waals surface area contributed by atoms with Crippen LogP contribution in [-0.2, 0) is 27.3 Å². The number of benzene rings is 3. The molecule has 1 aliphatic heterocycles. The van der Waals surface area contributed by atoms with Gasteiger partial charge in [-0.2, -0.15) is 0 Å². The van der Waals surface area contributed by atoms with Crippen LogP contribution in [0.1, 0.15) is 35.1 Å². The molecule has 2 N–H and O–H groups in total. The Morgan fingerprint density at radius 1 is 0.943 bits per heavy atom. The number of aliphatic carboxylic acids is 1. The minimum atomic E-state index is -1.07. The van der Waals surface area contributed by atoms with Gasteiger partial charge in [0, 0.05) is 18.9 Å². The van der Waals surface area contributed by atoms with Gasteiger partial charge in [-0.1, -0.05) is 72.8 Å². The Bertz CT molecular complexity index is 1260. The van der Waals surface area contributed by atoms with E-state index in [9.17, 15) is 19.5 Å². The van der Waals surface area contributed by atoms with Crippen LogP contribution in [-0.4, -0.2) is 46.7 Å². The molecular formula is C28H26N2O5. The van der Waals surface area contributed by atoms with E-state index in [0.29, 0.717) is 0 Å². The summed E-state index contributed by atoms with van der Waals surface area (Å²) in [6.45, 7) is 1.86. The average molecular weight is 471 g/mol. The van der Waals surface area contributed by atoms with Crippen LogP contribution in [0.5, 0.6) is 0 Å². The summed E-state index contributed by atoms with van der Waals surface area (Å²) >= 11 is 0. The predicted molar refractivity (Wildman–Crippen MR) is 130 cm³/mol. The molecule has 2 aliphatic rings. The highest BCUT2D eigenvalue weighted by atomic mass is 16.5. The average Bonchev–Trinajstić information content (AvgIpc) is 3.19. The van der Waals surface area contributed by atoms with Crippen molar-refractivity contribution >= 4 is 18.0 Å². The normalized spacial score (nSPS) is 17.1. The summed E-state index contributed by atoms with van der Waals surface area (Å²) in [5, 5.41) is 12.3. The first-order chi connectivity index (χ1) is 16.9. The van der Waals surface area contributed by atoms with Gasteiger partial charge in [0.15, 0.2) is 0 Å². The molecule has 0 saturated heterocycles. The van der Waals surface area contributed by atoms with Crippen molar-refractivity contribution in [2.45, 2.75) is 37.9 Å². The third-order valence-corrected chi connectivity index (χ3v) is 6.87. The van der Waals surface area contributed by atoms with E-state index in [1.807, 2.05) is 60.7 Å². The summed E-state index contributed by atoms with van der Waals surface area (Å²) in [4.78, 5) is 38.9. The van der Waals surface area contributed by atoms with Gasteiger partial charge in [-0.3, -0.25) is 4.79 Å². The molecule has 3 aromatic rings. The highest BCUT2D eigenvalue weighted by Gasteiger charge is 2.37. The van der Waals surface area contributed by atoms with Gasteiger partial charge in [0.05, 0.1) is 0 Å². The molecule has 0 bridgehead atoms. The monoisotopic (exact) mass is 470 g/mol. The maximum absolute atomic E-state index is 13.1. The van der Waals surface area contributed by atoms with Crippen LogP contribution in [0.15, 0.2) is 72.8 Å². The SMILES string of the molecule is C[C@@H](NC(=O)OCC1c2ccccc2-c2ccccc21)C(=O)N1Cc2ccccc2CC1C(=O)O. The molecule has 178 valence electrons. The van der Waals surface area contributed by atoms with E-state index in [1.54, 1.807) is 6.92 Å². The Labute approximate surface area is 203 Å². The van der Waals surface area contributed by atoms with Gasteiger partial charge in [0.25, 0.3) is 0 Å². The van der Waals surface area contributed by atoms with Crippen LogP contribution in [0.2, 0.25) is 0 Å². The maximum Gasteiger partial charge on any atom is 0.407 e.